The van der Waals surface area contributed by atoms with Gasteiger partial charge in [-0.1, -0.05) is 52.4 Å². The van der Waals surface area contributed by atoms with Crippen molar-refractivity contribution in [2.75, 3.05) is 7.11 Å². The fourth-order valence-corrected chi connectivity index (χ4v) is 4.55. The molecule has 2 nitrogen and oxygen atoms in total. The van der Waals surface area contributed by atoms with E-state index in [2.05, 4.69) is 13.8 Å². The van der Waals surface area contributed by atoms with E-state index < -0.39 is 9.04 Å². The molecule has 16 heavy (non-hydrogen) atoms. The Bertz CT molecular complexity index is 132. The van der Waals surface area contributed by atoms with Gasteiger partial charge < -0.3 is 9.16 Å². The summed E-state index contributed by atoms with van der Waals surface area (Å²) < 4.78 is 11.2. The summed E-state index contributed by atoms with van der Waals surface area (Å²) >= 11 is 0. The second kappa shape index (κ2) is 11.6. The number of unbranched alkanes of at least 4 members (excludes halogenated alkanes) is 4. The number of hydrogen-bond acceptors (Lipinski definition) is 2. The Morgan fingerprint density at radius 2 is 1.44 bits per heavy atom. The third-order valence-corrected chi connectivity index (χ3v) is 5.85. The summed E-state index contributed by atoms with van der Waals surface area (Å²) in [6, 6.07) is 2.65. The third-order valence-electron chi connectivity index (χ3n) is 2.98. The summed E-state index contributed by atoms with van der Waals surface area (Å²) in [5.74, 6) is 0. The number of methoxy groups -OCH3 is 1. The van der Waals surface area contributed by atoms with Crippen molar-refractivity contribution in [1.29, 1.82) is 0 Å². The lowest BCUT2D eigenvalue weighted by molar-refractivity contribution is -0.0417. The number of hydrogen-bond donors (Lipinski definition) is 0. The van der Waals surface area contributed by atoms with Gasteiger partial charge in [-0.3, -0.25) is 0 Å². The second-order valence-electron chi connectivity index (χ2n) is 4.55. The smallest absolute Gasteiger partial charge is 0.180 e. The largest absolute Gasteiger partial charge is 0.396 e. The van der Waals surface area contributed by atoms with Crippen LogP contribution in [0.25, 0.3) is 0 Å². The summed E-state index contributed by atoms with van der Waals surface area (Å²) in [4.78, 5) is 0. The minimum Gasteiger partial charge on any atom is -0.396 e. The van der Waals surface area contributed by atoms with Crippen molar-refractivity contribution in [3.05, 3.63) is 0 Å². The summed E-state index contributed by atoms with van der Waals surface area (Å²) in [6.07, 6.45) is 7.99. The van der Waals surface area contributed by atoms with Gasteiger partial charge in [-0.05, 0) is 19.0 Å². The van der Waals surface area contributed by atoms with Gasteiger partial charge in [0.2, 0.25) is 0 Å². The first-order chi connectivity index (χ1) is 7.74. The van der Waals surface area contributed by atoms with Gasteiger partial charge in [0, 0.05) is 7.11 Å². The Morgan fingerprint density at radius 3 is 1.81 bits per heavy atom. The fraction of sp³-hybridized carbons (Fsp3) is 1.00. The number of rotatable bonds is 11. The normalized spacial score (nSPS) is 13.3. The highest BCUT2D eigenvalue weighted by molar-refractivity contribution is 6.51. The molecule has 98 valence electrons. The average molecular weight is 246 g/mol. The Hall–Kier alpha value is 0.137. The van der Waals surface area contributed by atoms with Crippen molar-refractivity contribution < 1.29 is 9.16 Å². The maximum absolute atomic E-state index is 6.01. The van der Waals surface area contributed by atoms with Gasteiger partial charge in [-0.25, -0.2) is 0 Å². The van der Waals surface area contributed by atoms with Crippen molar-refractivity contribution >= 4 is 9.04 Å². The zero-order chi connectivity index (χ0) is 12.2. The van der Waals surface area contributed by atoms with Gasteiger partial charge in [0.15, 0.2) is 9.04 Å². The van der Waals surface area contributed by atoms with Crippen LogP contribution >= 0.6 is 0 Å². The molecule has 0 rings (SSSR count). The van der Waals surface area contributed by atoms with Crippen LogP contribution < -0.4 is 0 Å². The van der Waals surface area contributed by atoms with Crippen molar-refractivity contribution in [3.63, 3.8) is 0 Å². The Labute approximate surface area is 103 Å². The lowest BCUT2D eigenvalue weighted by Crippen LogP contribution is -2.25. The SMILES string of the molecule is CCCCC[SiH](CCCCC)OC(C)OC. The van der Waals surface area contributed by atoms with Crippen molar-refractivity contribution in [1.82, 2.24) is 0 Å². The first-order valence-corrected chi connectivity index (χ1v) is 9.03. The minimum absolute atomic E-state index is 0.0000743. The topological polar surface area (TPSA) is 18.5 Å². The predicted molar refractivity (Wildman–Crippen MR) is 73.4 cm³/mol. The van der Waals surface area contributed by atoms with E-state index in [4.69, 9.17) is 9.16 Å². The van der Waals surface area contributed by atoms with Gasteiger partial charge in [-0.15, -0.1) is 0 Å². The van der Waals surface area contributed by atoms with E-state index in [1.165, 1.54) is 50.6 Å². The molecule has 0 N–H and O–H groups in total. The predicted octanol–water partition coefficient (Wildman–Crippen LogP) is 4.10. The lowest BCUT2D eigenvalue weighted by Gasteiger charge is -2.20. The molecule has 0 aromatic heterocycles. The Morgan fingerprint density at radius 1 is 0.938 bits per heavy atom. The third kappa shape index (κ3) is 9.37. The molecule has 0 amide bonds. The fourth-order valence-electron chi connectivity index (χ4n) is 1.85. The minimum atomic E-state index is -0.997. The highest BCUT2D eigenvalue weighted by atomic mass is 28.3. The summed E-state index contributed by atoms with van der Waals surface area (Å²) in [6.45, 7) is 6.53. The van der Waals surface area contributed by atoms with E-state index in [1.54, 1.807) is 7.11 Å². The van der Waals surface area contributed by atoms with Crippen LogP contribution in [-0.2, 0) is 9.16 Å². The molecule has 0 aliphatic carbocycles. The van der Waals surface area contributed by atoms with Crippen LogP contribution in [0.5, 0.6) is 0 Å². The molecule has 0 heterocycles. The van der Waals surface area contributed by atoms with Crippen LogP contribution in [-0.4, -0.2) is 22.4 Å². The average Bonchev–Trinajstić information content (AvgIpc) is 2.29. The first kappa shape index (κ1) is 16.1. The highest BCUT2D eigenvalue weighted by Gasteiger charge is 2.14. The molecule has 0 aliphatic heterocycles. The highest BCUT2D eigenvalue weighted by Crippen LogP contribution is 2.14. The van der Waals surface area contributed by atoms with E-state index in [9.17, 15) is 0 Å². The van der Waals surface area contributed by atoms with Crippen molar-refractivity contribution in [3.8, 4) is 0 Å². The zero-order valence-corrected chi connectivity index (χ0v) is 12.8. The Balaban J connectivity index is 3.75. The molecule has 0 spiro atoms. The first-order valence-electron chi connectivity index (χ1n) is 6.92. The molecule has 0 aromatic carbocycles. The van der Waals surface area contributed by atoms with E-state index in [0.717, 1.165) is 0 Å². The van der Waals surface area contributed by atoms with Crippen molar-refractivity contribution in [2.45, 2.75) is 77.7 Å². The molecule has 0 aromatic rings. The molecule has 1 unspecified atom stereocenters. The molecular weight excluding hydrogens is 216 g/mol. The standard InChI is InChI=1S/C13H30O2Si/c1-5-7-9-11-16(12-10-8-6-2)15-13(3)14-4/h13,16H,5-12H2,1-4H3. The van der Waals surface area contributed by atoms with Crippen LogP contribution in [0.15, 0.2) is 0 Å². The molecule has 0 bridgehead atoms. The molecular formula is C13H30O2Si. The molecule has 0 aliphatic rings. The van der Waals surface area contributed by atoms with Gasteiger partial charge in [0.05, 0.1) is 0 Å². The molecule has 0 saturated heterocycles. The lowest BCUT2D eigenvalue weighted by atomic mass is 10.3. The quantitative estimate of drug-likeness (QED) is 0.310. The summed E-state index contributed by atoms with van der Waals surface area (Å²) in [5.41, 5.74) is 0. The monoisotopic (exact) mass is 246 g/mol. The molecule has 1 atom stereocenters. The van der Waals surface area contributed by atoms with E-state index in [-0.39, 0.29) is 6.29 Å². The zero-order valence-electron chi connectivity index (χ0n) is 11.6. The maximum Gasteiger partial charge on any atom is 0.180 e. The van der Waals surface area contributed by atoms with Crippen molar-refractivity contribution in [2.24, 2.45) is 0 Å². The molecule has 0 fully saturated rings. The van der Waals surface area contributed by atoms with E-state index in [1.807, 2.05) is 6.92 Å². The van der Waals surface area contributed by atoms with E-state index >= 15 is 0 Å². The summed E-state index contributed by atoms with van der Waals surface area (Å²) in [5, 5.41) is 0. The Kier molecular flexibility index (Phi) is 11.7. The van der Waals surface area contributed by atoms with Crippen LogP contribution in [0.4, 0.5) is 0 Å². The van der Waals surface area contributed by atoms with Crippen LogP contribution in [0.1, 0.15) is 59.3 Å². The van der Waals surface area contributed by atoms with Gasteiger partial charge >= 0.3 is 0 Å². The number of ether oxygens (including phenoxy) is 1. The van der Waals surface area contributed by atoms with E-state index in [0.29, 0.717) is 0 Å². The van der Waals surface area contributed by atoms with Gasteiger partial charge in [0.1, 0.15) is 6.29 Å². The van der Waals surface area contributed by atoms with Gasteiger partial charge in [-0.2, -0.15) is 0 Å². The van der Waals surface area contributed by atoms with Crippen LogP contribution in [0.3, 0.4) is 0 Å². The van der Waals surface area contributed by atoms with Gasteiger partial charge in [0.25, 0.3) is 0 Å². The second-order valence-corrected chi connectivity index (χ2v) is 7.22. The molecule has 0 radical (unpaired) electrons. The molecule has 3 heteroatoms. The maximum atomic E-state index is 6.01. The van der Waals surface area contributed by atoms with Crippen LogP contribution in [0, 0.1) is 0 Å². The summed E-state index contributed by atoms with van der Waals surface area (Å²) in [7, 11) is 0.733. The molecule has 0 saturated carbocycles. The van der Waals surface area contributed by atoms with Crippen LogP contribution in [0.2, 0.25) is 12.1 Å².